The van der Waals surface area contributed by atoms with E-state index in [0.29, 0.717) is 30.9 Å². The molecule has 186 valence electrons. The Hall–Kier alpha value is -3.90. The summed E-state index contributed by atoms with van der Waals surface area (Å²) in [6.07, 6.45) is 1.46. The van der Waals surface area contributed by atoms with Crippen molar-refractivity contribution in [2.45, 2.75) is 25.3 Å². The topological polar surface area (TPSA) is 70.1 Å². The van der Waals surface area contributed by atoms with Crippen molar-refractivity contribution in [1.29, 1.82) is 0 Å². The van der Waals surface area contributed by atoms with E-state index in [1.54, 1.807) is 4.90 Å². The molecule has 1 unspecified atom stereocenters. The van der Waals surface area contributed by atoms with Crippen molar-refractivity contribution in [1.82, 2.24) is 9.80 Å². The SMILES string of the molecule is CN(C)CCCN1C(=O)C(O)=C(C(=O)CCc2ccccc2)C1c1cccc(Oc2ccccc2)c1. The molecule has 3 aromatic carbocycles. The van der Waals surface area contributed by atoms with Gasteiger partial charge >= 0.3 is 0 Å². The second kappa shape index (κ2) is 11.7. The van der Waals surface area contributed by atoms with Crippen molar-refractivity contribution >= 4 is 11.7 Å². The van der Waals surface area contributed by atoms with Crippen LogP contribution in [0.2, 0.25) is 0 Å². The average Bonchev–Trinajstić information content (AvgIpc) is 3.14. The Bertz CT molecular complexity index is 1220. The summed E-state index contributed by atoms with van der Waals surface area (Å²) in [5.74, 6) is 0.118. The molecule has 0 saturated carbocycles. The molecule has 1 heterocycles. The van der Waals surface area contributed by atoms with Crippen molar-refractivity contribution in [2.24, 2.45) is 0 Å². The molecular weight excluding hydrogens is 452 g/mol. The van der Waals surface area contributed by atoms with Gasteiger partial charge in [-0.2, -0.15) is 0 Å². The average molecular weight is 485 g/mol. The third kappa shape index (κ3) is 6.01. The lowest BCUT2D eigenvalue weighted by Gasteiger charge is -2.27. The molecule has 0 spiro atoms. The number of rotatable bonds is 11. The van der Waals surface area contributed by atoms with Gasteiger partial charge in [-0.1, -0.05) is 60.7 Å². The van der Waals surface area contributed by atoms with Gasteiger partial charge in [0.2, 0.25) is 0 Å². The molecule has 1 aliphatic heterocycles. The highest BCUT2D eigenvalue weighted by atomic mass is 16.5. The molecule has 0 aromatic heterocycles. The number of amides is 1. The van der Waals surface area contributed by atoms with Crippen molar-refractivity contribution in [3.8, 4) is 11.5 Å². The Kier molecular flexibility index (Phi) is 8.18. The maximum Gasteiger partial charge on any atom is 0.290 e. The van der Waals surface area contributed by atoms with Crippen LogP contribution in [-0.4, -0.2) is 53.8 Å². The van der Waals surface area contributed by atoms with Gasteiger partial charge in [-0.25, -0.2) is 0 Å². The lowest BCUT2D eigenvalue weighted by Crippen LogP contribution is -2.33. The van der Waals surface area contributed by atoms with Gasteiger partial charge < -0.3 is 19.6 Å². The lowest BCUT2D eigenvalue weighted by molar-refractivity contribution is -0.129. The highest BCUT2D eigenvalue weighted by Crippen LogP contribution is 2.39. The van der Waals surface area contributed by atoms with Crippen molar-refractivity contribution in [3.05, 3.63) is 107 Å². The van der Waals surface area contributed by atoms with Gasteiger partial charge in [0.15, 0.2) is 11.5 Å². The second-order valence-corrected chi connectivity index (χ2v) is 9.22. The molecule has 0 fully saturated rings. The first-order chi connectivity index (χ1) is 17.4. The Morgan fingerprint density at radius 3 is 2.31 bits per heavy atom. The summed E-state index contributed by atoms with van der Waals surface area (Å²) in [5, 5.41) is 10.9. The Morgan fingerprint density at radius 1 is 0.944 bits per heavy atom. The minimum Gasteiger partial charge on any atom is -0.503 e. The number of nitrogens with zero attached hydrogens (tertiary/aromatic N) is 2. The maximum atomic E-state index is 13.4. The van der Waals surface area contributed by atoms with Crippen LogP contribution in [0.4, 0.5) is 0 Å². The maximum absolute atomic E-state index is 13.4. The number of ketones is 1. The van der Waals surface area contributed by atoms with E-state index in [4.69, 9.17) is 4.74 Å². The summed E-state index contributed by atoms with van der Waals surface area (Å²) in [5.41, 5.74) is 1.93. The summed E-state index contributed by atoms with van der Waals surface area (Å²) >= 11 is 0. The fourth-order valence-corrected chi connectivity index (χ4v) is 4.48. The van der Waals surface area contributed by atoms with Crippen LogP contribution < -0.4 is 4.74 Å². The van der Waals surface area contributed by atoms with Gasteiger partial charge in [-0.3, -0.25) is 9.59 Å². The van der Waals surface area contributed by atoms with Crippen molar-refractivity contribution in [3.63, 3.8) is 0 Å². The normalized spacial score (nSPS) is 15.6. The first kappa shape index (κ1) is 25.2. The third-order valence-electron chi connectivity index (χ3n) is 6.24. The smallest absolute Gasteiger partial charge is 0.290 e. The highest BCUT2D eigenvalue weighted by Gasteiger charge is 2.43. The molecule has 0 aliphatic carbocycles. The fourth-order valence-electron chi connectivity index (χ4n) is 4.48. The standard InChI is InChI=1S/C30H32N2O4/c1-31(2)19-10-20-32-28(23-13-9-16-25(21-23)36-24-14-7-4-8-15-24)27(29(34)30(32)35)26(33)18-17-22-11-5-3-6-12-22/h3-9,11-16,21,28,34H,10,17-20H2,1-2H3. The number of carbonyl (C=O) groups is 2. The van der Waals surface area contributed by atoms with Gasteiger partial charge in [-0.15, -0.1) is 0 Å². The Balaban J connectivity index is 1.63. The van der Waals surface area contributed by atoms with Crippen LogP contribution >= 0.6 is 0 Å². The van der Waals surface area contributed by atoms with Gasteiger partial charge in [0.1, 0.15) is 11.5 Å². The fraction of sp³-hybridized carbons (Fsp3) is 0.267. The predicted molar refractivity (Wildman–Crippen MR) is 140 cm³/mol. The number of aliphatic hydroxyl groups is 1. The summed E-state index contributed by atoms with van der Waals surface area (Å²) in [4.78, 5) is 30.2. The van der Waals surface area contributed by atoms with Crippen LogP contribution in [0.25, 0.3) is 0 Å². The number of ether oxygens (including phenoxy) is 1. The van der Waals surface area contributed by atoms with Crippen LogP contribution in [-0.2, 0) is 16.0 Å². The van der Waals surface area contributed by atoms with E-state index in [2.05, 4.69) is 0 Å². The van der Waals surface area contributed by atoms with E-state index in [9.17, 15) is 14.7 Å². The number of hydrogen-bond acceptors (Lipinski definition) is 5. The Morgan fingerprint density at radius 2 is 1.61 bits per heavy atom. The van der Waals surface area contributed by atoms with E-state index in [0.717, 1.165) is 17.7 Å². The second-order valence-electron chi connectivity index (χ2n) is 9.22. The molecule has 1 amide bonds. The lowest BCUT2D eigenvalue weighted by atomic mass is 9.93. The number of aliphatic hydroxyl groups excluding tert-OH is 1. The van der Waals surface area contributed by atoms with Gasteiger partial charge in [0.05, 0.1) is 11.6 Å². The molecule has 1 N–H and O–H groups in total. The largest absolute Gasteiger partial charge is 0.503 e. The molecule has 3 aromatic rings. The molecule has 6 heteroatoms. The molecule has 0 saturated heterocycles. The number of benzene rings is 3. The van der Waals surface area contributed by atoms with E-state index >= 15 is 0 Å². The molecule has 36 heavy (non-hydrogen) atoms. The predicted octanol–water partition coefficient (Wildman–Crippen LogP) is 5.33. The molecular formula is C30H32N2O4. The minimum absolute atomic E-state index is 0.164. The number of para-hydroxylation sites is 1. The summed E-state index contributed by atoms with van der Waals surface area (Å²) < 4.78 is 6.01. The number of Topliss-reactive ketones (excluding diaryl/α,β-unsaturated/α-hetero) is 1. The highest BCUT2D eigenvalue weighted by molar-refractivity contribution is 6.09. The van der Waals surface area contributed by atoms with Gasteiger partial charge in [0.25, 0.3) is 5.91 Å². The number of aryl methyl sites for hydroxylation is 1. The van der Waals surface area contributed by atoms with Crippen LogP contribution in [0.15, 0.2) is 96.3 Å². The minimum atomic E-state index is -0.665. The van der Waals surface area contributed by atoms with Crippen LogP contribution in [0, 0.1) is 0 Å². The monoisotopic (exact) mass is 484 g/mol. The molecule has 6 nitrogen and oxygen atoms in total. The molecule has 0 radical (unpaired) electrons. The zero-order chi connectivity index (χ0) is 25.5. The van der Waals surface area contributed by atoms with E-state index < -0.39 is 17.7 Å². The van der Waals surface area contributed by atoms with Crippen LogP contribution in [0.5, 0.6) is 11.5 Å². The number of carbonyl (C=O) groups excluding carboxylic acids is 2. The van der Waals surface area contributed by atoms with E-state index in [1.165, 1.54) is 0 Å². The third-order valence-corrected chi connectivity index (χ3v) is 6.24. The van der Waals surface area contributed by atoms with Crippen LogP contribution in [0.1, 0.15) is 30.0 Å². The van der Waals surface area contributed by atoms with Crippen LogP contribution in [0.3, 0.4) is 0 Å². The van der Waals surface area contributed by atoms with E-state index in [1.807, 2.05) is 104 Å². The Labute approximate surface area is 212 Å². The summed E-state index contributed by atoms with van der Waals surface area (Å²) in [6.45, 7) is 1.21. The molecule has 1 aliphatic rings. The summed E-state index contributed by atoms with van der Waals surface area (Å²) in [6, 6.07) is 25.9. The van der Waals surface area contributed by atoms with E-state index in [-0.39, 0.29) is 17.8 Å². The summed E-state index contributed by atoms with van der Waals surface area (Å²) in [7, 11) is 3.95. The van der Waals surface area contributed by atoms with Crippen molar-refractivity contribution in [2.75, 3.05) is 27.2 Å². The first-order valence-electron chi connectivity index (χ1n) is 12.2. The quantitative estimate of drug-likeness (QED) is 0.399. The number of hydrogen-bond donors (Lipinski definition) is 1. The molecule has 0 bridgehead atoms. The van der Waals surface area contributed by atoms with Gasteiger partial charge in [0, 0.05) is 13.0 Å². The molecule has 1 atom stereocenters. The van der Waals surface area contributed by atoms with Gasteiger partial charge in [-0.05, 0) is 68.9 Å². The molecule has 4 rings (SSSR count). The first-order valence-corrected chi connectivity index (χ1v) is 12.2. The van der Waals surface area contributed by atoms with Crippen molar-refractivity contribution < 1.29 is 19.4 Å². The zero-order valence-corrected chi connectivity index (χ0v) is 20.8. The zero-order valence-electron chi connectivity index (χ0n) is 20.8.